The van der Waals surface area contributed by atoms with Gasteiger partial charge in [0.15, 0.2) is 0 Å². The van der Waals surface area contributed by atoms with Gasteiger partial charge in [-0.15, -0.1) is 0 Å². The quantitative estimate of drug-likeness (QED) is 0.765. The van der Waals surface area contributed by atoms with Crippen LogP contribution in [0.2, 0.25) is 0 Å². The number of rotatable bonds is 4. The molecule has 92 valence electrons. The molecule has 0 radical (unpaired) electrons. The van der Waals surface area contributed by atoms with E-state index in [9.17, 15) is 4.79 Å². The van der Waals surface area contributed by atoms with Gasteiger partial charge in [-0.2, -0.15) is 0 Å². The summed E-state index contributed by atoms with van der Waals surface area (Å²) in [5.41, 5.74) is 5.86. The molecule has 2 aliphatic rings. The van der Waals surface area contributed by atoms with Gasteiger partial charge in [0, 0.05) is 11.5 Å². The van der Waals surface area contributed by atoms with Gasteiger partial charge in [-0.3, -0.25) is 4.79 Å². The molecule has 2 atom stereocenters. The largest absolute Gasteiger partial charge is 0.350 e. The summed E-state index contributed by atoms with van der Waals surface area (Å²) >= 11 is 0. The van der Waals surface area contributed by atoms with Crippen LogP contribution in [0.15, 0.2) is 0 Å². The molecule has 2 fully saturated rings. The minimum Gasteiger partial charge on any atom is -0.350 e. The maximum absolute atomic E-state index is 12.2. The minimum absolute atomic E-state index is 0.138. The SMILES string of the molecule is CCC1(NC(=O)[C@@H]2CCC[C@@H]2CN)CCC1. The molecule has 2 saturated carbocycles. The van der Waals surface area contributed by atoms with Crippen molar-refractivity contribution in [2.45, 2.75) is 57.4 Å². The first-order chi connectivity index (χ1) is 7.71. The minimum atomic E-state index is 0.138. The number of nitrogens with one attached hydrogen (secondary N) is 1. The van der Waals surface area contributed by atoms with Crippen LogP contribution < -0.4 is 11.1 Å². The predicted molar refractivity (Wildman–Crippen MR) is 64.9 cm³/mol. The molecule has 0 bridgehead atoms. The Morgan fingerprint density at radius 1 is 1.38 bits per heavy atom. The Morgan fingerprint density at radius 2 is 2.12 bits per heavy atom. The molecule has 3 nitrogen and oxygen atoms in total. The molecule has 0 saturated heterocycles. The molecule has 2 aliphatic carbocycles. The number of carbonyl (C=O) groups is 1. The molecule has 0 aromatic rings. The Morgan fingerprint density at radius 3 is 2.62 bits per heavy atom. The topological polar surface area (TPSA) is 55.1 Å². The van der Waals surface area contributed by atoms with Crippen LogP contribution in [0.3, 0.4) is 0 Å². The van der Waals surface area contributed by atoms with Crippen LogP contribution in [0.5, 0.6) is 0 Å². The standard InChI is InChI=1S/C13H24N2O/c1-2-13(7-4-8-13)15-12(16)11-6-3-5-10(11)9-14/h10-11H,2-9,14H2,1H3,(H,15,16)/t10-,11-/m1/s1. The third-order valence-corrected chi connectivity index (χ3v) is 4.67. The van der Waals surface area contributed by atoms with Gasteiger partial charge >= 0.3 is 0 Å². The van der Waals surface area contributed by atoms with E-state index in [1.807, 2.05) is 0 Å². The summed E-state index contributed by atoms with van der Waals surface area (Å²) in [5, 5.41) is 3.29. The van der Waals surface area contributed by atoms with E-state index in [1.54, 1.807) is 0 Å². The summed E-state index contributed by atoms with van der Waals surface area (Å²) in [4.78, 5) is 12.2. The normalized spacial score (nSPS) is 32.1. The third kappa shape index (κ3) is 2.10. The Kier molecular flexibility index (Phi) is 3.53. The molecular formula is C13H24N2O. The molecule has 1 amide bonds. The van der Waals surface area contributed by atoms with E-state index in [1.165, 1.54) is 12.8 Å². The molecule has 3 N–H and O–H groups in total. The van der Waals surface area contributed by atoms with Crippen molar-refractivity contribution in [3.63, 3.8) is 0 Å². The molecular weight excluding hydrogens is 200 g/mol. The summed E-state index contributed by atoms with van der Waals surface area (Å²) in [7, 11) is 0. The van der Waals surface area contributed by atoms with Gasteiger partial charge < -0.3 is 11.1 Å². The van der Waals surface area contributed by atoms with Crippen LogP contribution >= 0.6 is 0 Å². The Labute approximate surface area is 98.2 Å². The molecule has 0 unspecified atom stereocenters. The Bertz CT molecular complexity index is 255. The first-order valence-electron chi connectivity index (χ1n) is 6.73. The highest BCUT2D eigenvalue weighted by Crippen LogP contribution is 2.37. The monoisotopic (exact) mass is 224 g/mol. The van der Waals surface area contributed by atoms with Crippen molar-refractivity contribution in [3.8, 4) is 0 Å². The predicted octanol–water partition coefficient (Wildman–Crippen LogP) is 1.81. The van der Waals surface area contributed by atoms with Crippen molar-refractivity contribution >= 4 is 5.91 Å². The molecule has 0 aliphatic heterocycles. The zero-order chi connectivity index (χ0) is 11.6. The zero-order valence-corrected chi connectivity index (χ0v) is 10.3. The lowest BCUT2D eigenvalue weighted by Crippen LogP contribution is -2.55. The fourth-order valence-electron chi connectivity index (χ4n) is 3.19. The van der Waals surface area contributed by atoms with Crippen LogP contribution in [0, 0.1) is 11.8 Å². The van der Waals surface area contributed by atoms with Crippen molar-refractivity contribution in [1.29, 1.82) is 0 Å². The highest BCUT2D eigenvalue weighted by atomic mass is 16.2. The molecule has 0 heterocycles. The maximum atomic E-state index is 12.2. The molecule has 0 aromatic carbocycles. The molecule has 0 aromatic heterocycles. The summed E-state index contributed by atoms with van der Waals surface area (Å²) in [6.45, 7) is 2.84. The molecule has 0 spiro atoms. The number of hydrogen-bond acceptors (Lipinski definition) is 2. The van der Waals surface area contributed by atoms with Crippen LogP contribution in [-0.2, 0) is 4.79 Å². The van der Waals surface area contributed by atoms with Gasteiger partial charge in [0.1, 0.15) is 0 Å². The summed E-state index contributed by atoms with van der Waals surface area (Å²) in [6, 6.07) is 0. The maximum Gasteiger partial charge on any atom is 0.223 e. The number of amides is 1. The van der Waals surface area contributed by atoms with E-state index >= 15 is 0 Å². The average molecular weight is 224 g/mol. The molecule has 16 heavy (non-hydrogen) atoms. The van der Waals surface area contributed by atoms with Crippen molar-refractivity contribution in [1.82, 2.24) is 5.32 Å². The molecule has 3 heteroatoms. The lowest BCUT2D eigenvalue weighted by Gasteiger charge is -2.43. The summed E-state index contributed by atoms with van der Waals surface area (Å²) in [6.07, 6.45) is 7.99. The molecule has 2 rings (SSSR count). The van der Waals surface area contributed by atoms with Crippen molar-refractivity contribution < 1.29 is 4.79 Å². The second-order valence-electron chi connectivity index (χ2n) is 5.51. The number of nitrogens with two attached hydrogens (primary N) is 1. The highest BCUT2D eigenvalue weighted by Gasteiger charge is 2.40. The number of carbonyl (C=O) groups excluding carboxylic acids is 1. The fraction of sp³-hybridized carbons (Fsp3) is 0.923. The van der Waals surface area contributed by atoms with Gasteiger partial charge in [-0.25, -0.2) is 0 Å². The number of hydrogen-bond donors (Lipinski definition) is 2. The average Bonchev–Trinajstić information content (AvgIpc) is 2.71. The van der Waals surface area contributed by atoms with Gasteiger partial charge in [-0.05, 0) is 51.0 Å². The first-order valence-corrected chi connectivity index (χ1v) is 6.73. The van der Waals surface area contributed by atoms with Gasteiger partial charge in [0.05, 0.1) is 0 Å². The van der Waals surface area contributed by atoms with E-state index in [2.05, 4.69) is 12.2 Å². The van der Waals surface area contributed by atoms with Crippen LogP contribution in [0.25, 0.3) is 0 Å². The highest BCUT2D eigenvalue weighted by molar-refractivity contribution is 5.80. The van der Waals surface area contributed by atoms with Gasteiger partial charge in [0.2, 0.25) is 5.91 Å². The van der Waals surface area contributed by atoms with E-state index in [0.29, 0.717) is 12.5 Å². The lowest BCUT2D eigenvalue weighted by molar-refractivity contribution is -0.129. The van der Waals surface area contributed by atoms with E-state index < -0.39 is 0 Å². The van der Waals surface area contributed by atoms with E-state index in [-0.39, 0.29) is 17.4 Å². The smallest absolute Gasteiger partial charge is 0.223 e. The van der Waals surface area contributed by atoms with Gasteiger partial charge in [-0.1, -0.05) is 13.3 Å². The van der Waals surface area contributed by atoms with Crippen molar-refractivity contribution in [3.05, 3.63) is 0 Å². The van der Waals surface area contributed by atoms with Crippen LogP contribution in [0.4, 0.5) is 0 Å². The van der Waals surface area contributed by atoms with E-state index in [0.717, 1.165) is 32.1 Å². The van der Waals surface area contributed by atoms with Crippen LogP contribution in [-0.4, -0.2) is 18.0 Å². The Balaban J connectivity index is 1.92. The zero-order valence-electron chi connectivity index (χ0n) is 10.3. The first kappa shape index (κ1) is 11.9. The second kappa shape index (κ2) is 4.74. The third-order valence-electron chi connectivity index (χ3n) is 4.67. The fourth-order valence-corrected chi connectivity index (χ4v) is 3.19. The van der Waals surface area contributed by atoms with Crippen LogP contribution in [0.1, 0.15) is 51.9 Å². The lowest BCUT2D eigenvalue weighted by atomic mass is 9.74. The summed E-state index contributed by atoms with van der Waals surface area (Å²) < 4.78 is 0. The second-order valence-corrected chi connectivity index (χ2v) is 5.51. The summed E-state index contributed by atoms with van der Waals surface area (Å²) in [5.74, 6) is 0.887. The van der Waals surface area contributed by atoms with Crippen molar-refractivity contribution in [2.75, 3.05) is 6.54 Å². The van der Waals surface area contributed by atoms with Crippen molar-refractivity contribution in [2.24, 2.45) is 17.6 Å². The Hall–Kier alpha value is -0.570. The van der Waals surface area contributed by atoms with Gasteiger partial charge in [0.25, 0.3) is 0 Å². The van der Waals surface area contributed by atoms with E-state index in [4.69, 9.17) is 5.73 Å².